The highest BCUT2D eigenvalue weighted by Gasteiger charge is 2.28. The summed E-state index contributed by atoms with van der Waals surface area (Å²) < 4.78 is 0. The van der Waals surface area contributed by atoms with Crippen LogP contribution >= 0.6 is 11.3 Å². The van der Waals surface area contributed by atoms with Crippen LogP contribution in [0.1, 0.15) is 48.3 Å². The molecule has 0 spiro atoms. The fourth-order valence-corrected chi connectivity index (χ4v) is 4.42. The highest BCUT2D eigenvalue weighted by atomic mass is 32.1. The van der Waals surface area contributed by atoms with Gasteiger partial charge < -0.3 is 15.1 Å². The van der Waals surface area contributed by atoms with E-state index in [1.807, 2.05) is 38.4 Å². The predicted molar refractivity (Wildman–Crippen MR) is 119 cm³/mol. The van der Waals surface area contributed by atoms with E-state index in [2.05, 4.69) is 28.4 Å². The Morgan fingerprint density at radius 2 is 1.83 bits per heavy atom. The first-order chi connectivity index (χ1) is 14.0. The number of benzene rings is 1. The predicted octanol–water partition coefficient (Wildman–Crippen LogP) is 4.15. The summed E-state index contributed by atoms with van der Waals surface area (Å²) in [6.45, 7) is 6.60. The molecule has 1 N–H and O–H groups in total. The van der Waals surface area contributed by atoms with Gasteiger partial charge in [-0.1, -0.05) is 38.1 Å². The Hall–Kier alpha value is -2.34. The van der Waals surface area contributed by atoms with Gasteiger partial charge in [-0.2, -0.15) is 0 Å². The zero-order chi connectivity index (χ0) is 20.8. The van der Waals surface area contributed by atoms with Crippen molar-refractivity contribution in [2.45, 2.75) is 45.7 Å². The third-order valence-corrected chi connectivity index (χ3v) is 6.31. The number of hydrogen-bond acceptors (Lipinski definition) is 4. The number of carbonyl (C=O) groups excluding carboxylic acids is 2. The van der Waals surface area contributed by atoms with Crippen LogP contribution in [0.5, 0.6) is 0 Å². The lowest BCUT2D eigenvalue weighted by Crippen LogP contribution is -2.50. The summed E-state index contributed by atoms with van der Waals surface area (Å²) in [6, 6.07) is 11.4. The van der Waals surface area contributed by atoms with Gasteiger partial charge in [-0.25, -0.2) is 0 Å². The van der Waals surface area contributed by atoms with Crippen molar-refractivity contribution in [2.75, 3.05) is 25.0 Å². The topological polar surface area (TPSA) is 52.7 Å². The van der Waals surface area contributed by atoms with Gasteiger partial charge >= 0.3 is 0 Å². The van der Waals surface area contributed by atoms with Crippen molar-refractivity contribution in [2.24, 2.45) is 5.92 Å². The van der Waals surface area contributed by atoms with Gasteiger partial charge in [0.2, 0.25) is 5.91 Å². The van der Waals surface area contributed by atoms with Crippen molar-refractivity contribution in [3.8, 4) is 0 Å². The highest BCUT2D eigenvalue weighted by molar-refractivity contribution is 7.12. The van der Waals surface area contributed by atoms with Crippen molar-refractivity contribution in [1.82, 2.24) is 10.2 Å². The lowest BCUT2D eigenvalue weighted by Gasteiger charge is -2.32. The van der Waals surface area contributed by atoms with Crippen molar-refractivity contribution in [3.63, 3.8) is 0 Å². The second kappa shape index (κ2) is 9.92. The van der Waals surface area contributed by atoms with Crippen molar-refractivity contribution in [3.05, 3.63) is 52.2 Å². The molecule has 1 aromatic carbocycles. The third kappa shape index (κ3) is 5.38. The molecular weight excluding hydrogens is 382 g/mol. The van der Waals surface area contributed by atoms with Gasteiger partial charge in [0, 0.05) is 32.4 Å². The maximum Gasteiger partial charge on any atom is 0.262 e. The number of nitrogens with one attached hydrogen (secondary N) is 1. The van der Waals surface area contributed by atoms with Gasteiger partial charge in [-0.05, 0) is 48.3 Å². The van der Waals surface area contributed by atoms with Gasteiger partial charge in [-0.15, -0.1) is 11.3 Å². The Labute approximate surface area is 177 Å². The number of hydrogen-bond donors (Lipinski definition) is 1. The first-order valence-electron chi connectivity index (χ1n) is 10.4. The minimum Gasteiger partial charge on any atom is -0.371 e. The van der Waals surface area contributed by atoms with E-state index in [4.69, 9.17) is 0 Å². The standard InChI is InChI=1S/C23H31N3O2S/c1-17(2)21(24-22(27)20-12-9-15-29-20)23(28)25(3)16-18-10-5-6-11-19(18)26-13-7-4-8-14-26/h5-6,9-12,15,17,21H,4,7-8,13-14,16H2,1-3H3,(H,24,27)/t21-/m1/s1. The van der Waals surface area contributed by atoms with E-state index in [-0.39, 0.29) is 17.7 Å². The van der Waals surface area contributed by atoms with Gasteiger partial charge in [0.05, 0.1) is 4.88 Å². The monoisotopic (exact) mass is 413 g/mol. The molecule has 2 heterocycles. The van der Waals surface area contributed by atoms with E-state index in [9.17, 15) is 9.59 Å². The number of amides is 2. The molecule has 0 radical (unpaired) electrons. The minimum absolute atomic E-state index is 0.00574. The Morgan fingerprint density at radius 3 is 2.48 bits per heavy atom. The first kappa shape index (κ1) is 21.4. The van der Waals surface area contributed by atoms with E-state index in [0.717, 1.165) is 18.7 Å². The van der Waals surface area contributed by atoms with Crippen LogP contribution in [0.15, 0.2) is 41.8 Å². The molecule has 0 bridgehead atoms. The molecule has 0 aliphatic carbocycles. The summed E-state index contributed by atoms with van der Waals surface area (Å²) in [4.78, 5) is 30.5. The van der Waals surface area contributed by atoms with E-state index >= 15 is 0 Å². The molecule has 6 heteroatoms. The number of likely N-dealkylation sites (N-methyl/N-ethyl adjacent to an activating group) is 1. The minimum atomic E-state index is -0.545. The molecule has 1 atom stereocenters. The lowest BCUT2D eigenvalue weighted by molar-refractivity contribution is -0.133. The van der Waals surface area contributed by atoms with E-state index in [0.29, 0.717) is 11.4 Å². The molecule has 1 aliphatic rings. The molecule has 3 rings (SSSR count). The first-order valence-corrected chi connectivity index (χ1v) is 11.3. The van der Waals surface area contributed by atoms with Gasteiger partial charge in [0.1, 0.15) is 6.04 Å². The average molecular weight is 414 g/mol. The summed E-state index contributed by atoms with van der Waals surface area (Å²) >= 11 is 1.38. The summed E-state index contributed by atoms with van der Waals surface area (Å²) in [7, 11) is 1.82. The smallest absolute Gasteiger partial charge is 0.262 e. The second-order valence-corrected chi connectivity index (χ2v) is 8.99. The maximum absolute atomic E-state index is 13.2. The maximum atomic E-state index is 13.2. The average Bonchev–Trinajstić information content (AvgIpc) is 3.27. The zero-order valence-electron chi connectivity index (χ0n) is 17.6. The van der Waals surface area contributed by atoms with Crippen LogP contribution in [0.4, 0.5) is 5.69 Å². The molecule has 1 aromatic heterocycles. The van der Waals surface area contributed by atoms with Crippen LogP contribution in [0, 0.1) is 5.92 Å². The third-order valence-electron chi connectivity index (χ3n) is 5.44. The number of rotatable bonds is 7. The fourth-order valence-electron chi connectivity index (χ4n) is 3.79. The molecule has 29 heavy (non-hydrogen) atoms. The van der Waals surface area contributed by atoms with Crippen LogP contribution in [0.2, 0.25) is 0 Å². The number of nitrogens with zero attached hydrogens (tertiary/aromatic N) is 2. The number of anilines is 1. The molecule has 0 saturated carbocycles. The molecule has 1 saturated heterocycles. The zero-order valence-corrected chi connectivity index (χ0v) is 18.4. The molecule has 156 valence electrons. The molecule has 2 aromatic rings. The Morgan fingerprint density at radius 1 is 1.10 bits per heavy atom. The van der Waals surface area contributed by atoms with Gasteiger partial charge in [0.25, 0.3) is 5.91 Å². The summed E-state index contributed by atoms with van der Waals surface area (Å²) in [5.74, 6) is -0.237. The summed E-state index contributed by atoms with van der Waals surface area (Å²) in [5.41, 5.74) is 2.37. The normalized spacial score (nSPS) is 15.2. The van der Waals surface area contributed by atoms with Crippen LogP contribution < -0.4 is 10.2 Å². The van der Waals surface area contributed by atoms with Crippen LogP contribution in [0.25, 0.3) is 0 Å². The molecule has 0 unspecified atom stereocenters. The number of para-hydroxylation sites is 1. The summed E-state index contributed by atoms with van der Waals surface area (Å²) in [6.07, 6.45) is 3.72. The SMILES string of the molecule is CC(C)[C@@H](NC(=O)c1cccs1)C(=O)N(C)Cc1ccccc1N1CCCCC1. The molecule has 2 amide bonds. The largest absolute Gasteiger partial charge is 0.371 e. The van der Waals surface area contributed by atoms with Crippen molar-refractivity contribution < 1.29 is 9.59 Å². The lowest BCUT2D eigenvalue weighted by atomic mass is 10.0. The van der Waals surface area contributed by atoms with E-state index < -0.39 is 6.04 Å². The van der Waals surface area contributed by atoms with Crippen LogP contribution in [-0.2, 0) is 11.3 Å². The van der Waals surface area contributed by atoms with Crippen LogP contribution in [0.3, 0.4) is 0 Å². The number of carbonyl (C=O) groups is 2. The van der Waals surface area contributed by atoms with Crippen molar-refractivity contribution in [1.29, 1.82) is 0 Å². The fraction of sp³-hybridized carbons (Fsp3) is 0.478. The van der Waals surface area contributed by atoms with Gasteiger partial charge in [0.15, 0.2) is 0 Å². The van der Waals surface area contributed by atoms with Crippen molar-refractivity contribution >= 4 is 28.8 Å². The van der Waals surface area contributed by atoms with Crippen LogP contribution in [-0.4, -0.2) is 42.9 Å². The van der Waals surface area contributed by atoms with E-state index in [1.54, 1.807) is 11.0 Å². The molecule has 1 fully saturated rings. The van der Waals surface area contributed by atoms with Gasteiger partial charge in [-0.3, -0.25) is 9.59 Å². The van der Waals surface area contributed by atoms with E-state index in [1.165, 1.54) is 36.3 Å². The quantitative estimate of drug-likeness (QED) is 0.742. The Bertz CT molecular complexity index is 813. The molecule has 1 aliphatic heterocycles. The Balaban J connectivity index is 1.71. The second-order valence-electron chi connectivity index (χ2n) is 8.04. The summed E-state index contributed by atoms with van der Waals surface area (Å²) in [5, 5.41) is 4.80. The number of thiophene rings is 1. The molecule has 5 nitrogen and oxygen atoms in total. The Kier molecular flexibility index (Phi) is 7.31. The number of piperidine rings is 1. The highest BCUT2D eigenvalue weighted by Crippen LogP contribution is 2.25. The molecular formula is C23H31N3O2S.